The molecule has 2 aromatic carbocycles. The van der Waals surface area contributed by atoms with Crippen molar-refractivity contribution in [3.8, 4) is 0 Å². The van der Waals surface area contributed by atoms with E-state index in [2.05, 4.69) is 10.3 Å². The van der Waals surface area contributed by atoms with Crippen LogP contribution in [0.5, 0.6) is 0 Å². The molecule has 1 aromatic heterocycles. The lowest BCUT2D eigenvalue weighted by Crippen LogP contribution is -2.12. The smallest absolute Gasteiger partial charge is 0.258 e. The zero-order valence-corrected chi connectivity index (χ0v) is 12.6. The lowest BCUT2D eigenvalue weighted by molar-refractivity contribution is 0.102. The quantitative estimate of drug-likeness (QED) is 0.708. The minimum atomic E-state index is -0.134. The number of halogens is 1. The minimum absolute atomic E-state index is 0.134. The molecule has 1 amide bonds. The fraction of sp³-hybridized carbons (Fsp3) is 0.118. The van der Waals surface area contributed by atoms with Gasteiger partial charge in [0.15, 0.2) is 0 Å². The molecule has 0 aliphatic rings. The molecule has 21 heavy (non-hydrogen) atoms. The number of nitrogens with one attached hydrogen (secondary N) is 2. The first kappa shape index (κ1) is 13.7. The third-order valence-corrected chi connectivity index (χ3v) is 3.72. The van der Waals surface area contributed by atoms with Gasteiger partial charge in [0.05, 0.1) is 5.56 Å². The van der Waals surface area contributed by atoms with E-state index < -0.39 is 0 Å². The molecule has 0 saturated carbocycles. The maximum absolute atomic E-state index is 12.5. The van der Waals surface area contributed by atoms with Gasteiger partial charge in [0.2, 0.25) is 0 Å². The van der Waals surface area contributed by atoms with E-state index in [-0.39, 0.29) is 5.91 Å². The first-order valence-electron chi connectivity index (χ1n) is 6.70. The summed E-state index contributed by atoms with van der Waals surface area (Å²) in [5, 5.41) is 4.38. The number of hydrogen-bond acceptors (Lipinski definition) is 1. The second kappa shape index (κ2) is 5.26. The summed E-state index contributed by atoms with van der Waals surface area (Å²) in [6.07, 6.45) is 0. The van der Waals surface area contributed by atoms with Crippen LogP contribution >= 0.6 is 11.6 Å². The van der Waals surface area contributed by atoms with Crippen molar-refractivity contribution in [2.45, 2.75) is 13.8 Å². The van der Waals surface area contributed by atoms with Gasteiger partial charge in [0, 0.05) is 27.3 Å². The summed E-state index contributed by atoms with van der Waals surface area (Å²) in [6, 6.07) is 13.2. The number of H-pyrrole nitrogens is 1. The number of benzene rings is 2. The Hall–Kier alpha value is -2.26. The summed E-state index contributed by atoms with van der Waals surface area (Å²) in [7, 11) is 0. The van der Waals surface area contributed by atoms with Crippen LogP contribution in [0.15, 0.2) is 42.5 Å². The topological polar surface area (TPSA) is 44.9 Å². The van der Waals surface area contributed by atoms with Crippen molar-refractivity contribution in [1.82, 2.24) is 4.98 Å². The predicted molar refractivity (Wildman–Crippen MR) is 87.2 cm³/mol. The van der Waals surface area contributed by atoms with Crippen molar-refractivity contribution >= 4 is 34.1 Å². The van der Waals surface area contributed by atoms with Crippen molar-refractivity contribution in [3.63, 3.8) is 0 Å². The van der Waals surface area contributed by atoms with Crippen molar-refractivity contribution < 1.29 is 4.79 Å². The van der Waals surface area contributed by atoms with Crippen LogP contribution in [0.1, 0.15) is 21.6 Å². The third kappa shape index (κ3) is 2.65. The first-order valence-corrected chi connectivity index (χ1v) is 7.08. The number of aryl methyl sites for hydroxylation is 2. The Morgan fingerprint density at radius 3 is 2.52 bits per heavy atom. The molecule has 3 nitrogen and oxygen atoms in total. The summed E-state index contributed by atoms with van der Waals surface area (Å²) < 4.78 is 0. The van der Waals surface area contributed by atoms with Gasteiger partial charge < -0.3 is 10.3 Å². The average Bonchev–Trinajstić information content (AvgIpc) is 2.76. The Balaban J connectivity index is 1.99. The van der Waals surface area contributed by atoms with Gasteiger partial charge in [-0.2, -0.15) is 0 Å². The monoisotopic (exact) mass is 298 g/mol. The van der Waals surface area contributed by atoms with Crippen LogP contribution in [-0.4, -0.2) is 10.9 Å². The number of aromatic amines is 1. The van der Waals surface area contributed by atoms with Crippen molar-refractivity contribution in [2.24, 2.45) is 0 Å². The largest absolute Gasteiger partial charge is 0.358 e. The molecule has 4 heteroatoms. The summed E-state index contributed by atoms with van der Waals surface area (Å²) in [5.74, 6) is -0.134. The molecule has 2 N–H and O–H groups in total. The Kier molecular flexibility index (Phi) is 3.43. The fourth-order valence-electron chi connectivity index (χ4n) is 2.42. The highest BCUT2D eigenvalue weighted by Gasteiger charge is 2.16. The number of anilines is 1. The SMILES string of the molecule is Cc1ccc(NC(=O)c2c(C)[nH]c3ccc(Cl)cc23)cc1. The van der Waals surface area contributed by atoms with Gasteiger partial charge in [-0.15, -0.1) is 0 Å². The zero-order chi connectivity index (χ0) is 15.0. The van der Waals surface area contributed by atoms with Crippen LogP contribution in [0.3, 0.4) is 0 Å². The summed E-state index contributed by atoms with van der Waals surface area (Å²) in [6.45, 7) is 3.90. The van der Waals surface area contributed by atoms with Crippen LogP contribution in [0.25, 0.3) is 10.9 Å². The molecule has 1 heterocycles. The van der Waals surface area contributed by atoms with Gasteiger partial charge >= 0.3 is 0 Å². The van der Waals surface area contributed by atoms with Crippen molar-refractivity contribution in [3.05, 3.63) is 64.3 Å². The van der Waals surface area contributed by atoms with Gasteiger partial charge in [-0.1, -0.05) is 29.3 Å². The molecule has 0 fully saturated rings. The fourth-order valence-corrected chi connectivity index (χ4v) is 2.59. The first-order chi connectivity index (χ1) is 10.0. The van der Waals surface area contributed by atoms with Gasteiger partial charge in [-0.25, -0.2) is 0 Å². The summed E-state index contributed by atoms with van der Waals surface area (Å²) >= 11 is 6.04. The highest BCUT2D eigenvalue weighted by Crippen LogP contribution is 2.26. The van der Waals surface area contributed by atoms with Crippen LogP contribution in [-0.2, 0) is 0 Å². The molecular formula is C17H15ClN2O. The maximum Gasteiger partial charge on any atom is 0.258 e. The van der Waals surface area contributed by atoms with Gasteiger partial charge in [-0.3, -0.25) is 4.79 Å². The highest BCUT2D eigenvalue weighted by atomic mass is 35.5. The zero-order valence-electron chi connectivity index (χ0n) is 11.8. The van der Waals surface area contributed by atoms with E-state index in [1.54, 1.807) is 0 Å². The maximum atomic E-state index is 12.5. The number of carbonyl (C=O) groups is 1. The van der Waals surface area contributed by atoms with Crippen LogP contribution in [0.4, 0.5) is 5.69 Å². The predicted octanol–water partition coefficient (Wildman–Crippen LogP) is 4.69. The summed E-state index contributed by atoms with van der Waals surface area (Å²) in [5.41, 5.74) is 4.31. The molecule has 0 radical (unpaired) electrons. The molecule has 0 atom stereocenters. The Morgan fingerprint density at radius 1 is 1.10 bits per heavy atom. The molecule has 106 valence electrons. The molecule has 3 aromatic rings. The number of carbonyl (C=O) groups excluding carboxylic acids is 1. The molecular weight excluding hydrogens is 284 g/mol. The Bertz CT molecular complexity index is 819. The molecule has 0 aliphatic carbocycles. The molecule has 0 saturated heterocycles. The van der Waals surface area contributed by atoms with Gasteiger partial charge in [-0.05, 0) is 44.2 Å². The highest BCUT2D eigenvalue weighted by molar-refractivity contribution is 6.31. The van der Waals surface area contributed by atoms with Gasteiger partial charge in [0.1, 0.15) is 0 Å². The standard InChI is InChI=1S/C17H15ClN2O/c1-10-3-6-13(7-4-10)20-17(21)16-11(2)19-15-8-5-12(18)9-14(15)16/h3-9,19H,1-2H3,(H,20,21). The van der Waals surface area contributed by atoms with Gasteiger partial charge in [0.25, 0.3) is 5.91 Å². The van der Waals surface area contributed by atoms with Crippen LogP contribution < -0.4 is 5.32 Å². The summed E-state index contributed by atoms with van der Waals surface area (Å²) in [4.78, 5) is 15.7. The molecule has 0 bridgehead atoms. The number of amides is 1. The Labute approximate surface area is 127 Å². The molecule has 0 aliphatic heterocycles. The van der Waals surface area contributed by atoms with E-state index in [4.69, 9.17) is 11.6 Å². The van der Waals surface area contributed by atoms with Crippen LogP contribution in [0, 0.1) is 13.8 Å². The van der Waals surface area contributed by atoms with E-state index in [1.165, 1.54) is 0 Å². The van der Waals surface area contributed by atoms with Crippen molar-refractivity contribution in [2.75, 3.05) is 5.32 Å². The van der Waals surface area contributed by atoms with Crippen LogP contribution in [0.2, 0.25) is 5.02 Å². The average molecular weight is 299 g/mol. The number of fused-ring (bicyclic) bond motifs is 1. The normalized spacial score (nSPS) is 10.8. The van der Waals surface area contributed by atoms with E-state index >= 15 is 0 Å². The van der Waals surface area contributed by atoms with Crippen molar-refractivity contribution in [1.29, 1.82) is 0 Å². The number of rotatable bonds is 2. The number of aromatic nitrogens is 1. The molecule has 3 rings (SSSR count). The third-order valence-electron chi connectivity index (χ3n) is 3.48. The molecule has 0 unspecified atom stereocenters. The van der Waals surface area contributed by atoms with E-state index in [1.807, 2.05) is 56.3 Å². The van der Waals surface area contributed by atoms with E-state index in [0.29, 0.717) is 10.6 Å². The minimum Gasteiger partial charge on any atom is -0.358 e. The molecule has 0 spiro atoms. The number of hydrogen-bond donors (Lipinski definition) is 2. The van der Waals surface area contributed by atoms with E-state index in [9.17, 15) is 4.79 Å². The second-order valence-electron chi connectivity index (χ2n) is 5.14. The Morgan fingerprint density at radius 2 is 1.81 bits per heavy atom. The lowest BCUT2D eigenvalue weighted by Gasteiger charge is -2.06. The second-order valence-corrected chi connectivity index (χ2v) is 5.57. The van der Waals surface area contributed by atoms with E-state index in [0.717, 1.165) is 27.8 Å². The lowest BCUT2D eigenvalue weighted by atomic mass is 10.1.